The molecule has 0 saturated carbocycles. The van der Waals surface area contributed by atoms with Crippen molar-refractivity contribution in [3.63, 3.8) is 0 Å². The first-order chi connectivity index (χ1) is 10.0. The Morgan fingerprint density at radius 2 is 2.05 bits per heavy atom. The van der Waals surface area contributed by atoms with E-state index in [4.69, 9.17) is 21.4 Å². The Kier molecular flexibility index (Phi) is 5.17. The SMILES string of the molecule is O=[N+]([O-])c1ccc(COc2ccc(CO)cc2Br)c(Cl)c1. The second-order valence-corrected chi connectivity index (χ2v) is 5.51. The maximum absolute atomic E-state index is 10.6. The highest BCUT2D eigenvalue weighted by Crippen LogP contribution is 2.28. The van der Waals surface area contributed by atoms with E-state index in [1.165, 1.54) is 12.1 Å². The number of halogens is 2. The molecule has 0 spiro atoms. The molecule has 7 heteroatoms. The van der Waals surface area contributed by atoms with Gasteiger partial charge in [-0.1, -0.05) is 17.7 Å². The molecule has 0 atom stereocenters. The van der Waals surface area contributed by atoms with Crippen LogP contribution >= 0.6 is 27.5 Å². The summed E-state index contributed by atoms with van der Waals surface area (Å²) in [4.78, 5) is 10.1. The van der Waals surface area contributed by atoms with Gasteiger partial charge >= 0.3 is 0 Å². The number of hydrogen-bond acceptors (Lipinski definition) is 4. The van der Waals surface area contributed by atoms with Gasteiger partial charge in [0.2, 0.25) is 0 Å². The van der Waals surface area contributed by atoms with Crippen LogP contribution in [-0.4, -0.2) is 10.0 Å². The summed E-state index contributed by atoms with van der Waals surface area (Å²) in [7, 11) is 0. The first kappa shape index (κ1) is 15.8. The number of nitro groups is 1. The van der Waals surface area contributed by atoms with Crippen LogP contribution in [-0.2, 0) is 13.2 Å². The molecule has 0 aromatic heterocycles. The van der Waals surface area contributed by atoms with Crippen LogP contribution in [0.5, 0.6) is 5.75 Å². The lowest BCUT2D eigenvalue weighted by atomic mass is 10.2. The molecule has 0 bridgehead atoms. The van der Waals surface area contributed by atoms with Crippen molar-refractivity contribution in [1.82, 2.24) is 0 Å². The zero-order valence-corrected chi connectivity index (χ0v) is 13.1. The van der Waals surface area contributed by atoms with E-state index < -0.39 is 4.92 Å². The molecule has 0 fully saturated rings. The van der Waals surface area contributed by atoms with Crippen molar-refractivity contribution >= 4 is 33.2 Å². The minimum Gasteiger partial charge on any atom is -0.488 e. The Labute approximate surface area is 134 Å². The number of benzene rings is 2. The van der Waals surface area contributed by atoms with Gasteiger partial charge in [-0.2, -0.15) is 0 Å². The summed E-state index contributed by atoms with van der Waals surface area (Å²) in [5.74, 6) is 0.599. The van der Waals surface area contributed by atoms with Crippen molar-refractivity contribution in [3.8, 4) is 5.75 Å². The van der Waals surface area contributed by atoms with Gasteiger partial charge in [-0.25, -0.2) is 0 Å². The molecular formula is C14H11BrClNO4. The average molecular weight is 373 g/mol. The van der Waals surface area contributed by atoms with Crippen LogP contribution in [0.2, 0.25) is 5.02 Å². The third-order valence-corrected chi connectivity index (χ3v) is 3.78. The molecule has 0 aliphatic heterocycles. The van der Waals surface area contributed by atoms with Gasteiger partial charge in [0, 0.05) is 17.7 Å². The highest BCUT2D eigenvalue weighted by molar-refractivity contribution is 9.10. The molecule has 2 rings (SSSR count). The van der Waals surface area contributed by atoms with Gasteiger partial charge < -0.3 is 9.84 Å². The second-order valence-electron chi connectivity index (χ2n) is 4.24. The van der Waals surface area contributed by atoms with Gasteiger partial charge in [0.15, 0.2) is 0 Å². The van der Waals surface area contributed by atoms with E-state index in [1.54, 1.807) is 24.3 Å². The molecule has 1 N–H and O–H groups in total. The Balaban J connectivity index is 2.11. The average Bonchev–Trinajstić information content (AvgIpc) is 2.46. The van der Waals surface area contributed by atoms with Crippen molar-refractivity contribution < 1.29 is 14.8 Å². The molecule has 5 nitrogen and oxygen atoms in total. The van der Waals surface area contributed by atoms with Crippen LogP contribution in [0.3, 0.4) is 0 Å². The van der Waals surface area contributed by atoms with Gasteiger partial charge in [0.25, 0.3) is 5.69 Å². The highest BCUT2D eigenvalue weighted by Gasteiger charge is 2.10. The van der Waals surface area contributed by atoms with E-state index >= 15 is 0 Å². The molecule has 0 radical (unpaired) electrons. The molecular weight excluding hydrogens is 362 g/mol. The highest BCUT2D eigenvalue weighted by atomic mass is 79.9. The molecule has 0 aliphatic rings. The zero-order chi connectivity index (χ0) is 15.4. The number of nitro benzene ring substituents is 1. The third-order valence-electron chi connectivity index (χ3n) is 2.81. The molecule has 110 valence electrons. The first-order valence-corrected chi connectivity index (χ1v) is 7.13. The molecule has 2 aromatic rings. The Bertz CT molecular complexity index is 678. The summed E-state index contributed by atoms with van der Waals surface area (Å²) in [6.45, 7) is 0.140. The lowest BCUT2D eigenvalue weighted by Crippen LogP contribution is -1.98. The second kappa shape index (κ2) is 6.89. The molecule has 0 heterocycles. The lowest BCUT2D eigenvalue weighted by molar-refractivity contribution is -0.384. The van der Waals surface area contributed by atoms with Crippen molar-refractivity contribution in [2.75, 3.05) is 0 Å². The van der Waals surface area contributed by atoms with Gasteiger partial charge in [-0.05, 0) is 39.7 Å². The molecule has 21 heavy (non-hydrogen) atoms. The Hall–Kier alpha value is -1.63. The van der Waals surface area contributed by atoms with Crippen LogP contribution < -0.4 is 4.74 Å². The fourth-order valence-corrected chi connectivity index (χ4v) is 2.45. The first-order valence-electron chi connectivity index (χ1n) is 5.96. The summed E-state index contributed by atoms with van der Waals surface area (Å²) in [6, 6.07) is 9.48. The van der Waals surface area contributed by atoms with Crippen LogP contribution in [0.1, 0.15) is 11.1 Å². The maximum atomic E-state index is 10.6. The van der Waals surface area contributed by atoms with E-state index in [9.17, 15) is 10.1 Å². The third kappa shape index (κ3) is 3.93. The van der Waals surface area contributed by atoms with Crippen molar-refractivity contribution in [2.24, 2.45) is 0 Å². The monoisotopic (exact) mass is 371 g/mol. The van der Waals surface area contributed by atoms with Gasteiger partial charge in [0.05, 0.1) is 21.0 Å². The van der Waals surface area contributed by atoms with Gasteiger partial charge in [0.1, 0.15) is 12.4 Å². The predicted molar refractivity (Wildman–Crippen MR) is 82.5 cm³/mol. The van der Waals surface area contributed by atoms with E-state index in [-0.39, 0.29) is 23.9 Å². The molecule has 0 unspecified atom stereocenters. The minimum absolute atomic E-state index is 0.0486. The Morgan fingerprint density at radius 3 is 2.62 bits per heavy atom. The number of aliphatic hydroxyl groups excluding tert-OH is 1. The number of nitrogens with zero attached hydrogens (tertiary/aromatic N) is 1. The Morgan fingerprint density at radius 1 is 1.29 bits per heavy atom. The van der Waals surface area contributed by atoms with Crippen LogP contribution in [0, 0.1) is 10.1 Å². The number of ether oxygens (including phenoxy) is 1. The van der Waals surface area contributed by atoms with Crippen LogP contribution in [0.4, 0.5) is 5.69 Å². The lowest BCUT2D eigenvalue weighted by Gasteiger charge is -2.10. The van der Waals surface area contributed by atoms with E-state index in [0.29, 0.717) is 15.8 Å². The van der Waals surface area contributed by atoms with Gasteiger partial charge in [-0.15, -0.1) is 0 Å². The molecule has 2 aromatic carbocycles. The van der Waals surface area contributed by atoms with E-state index in [2.05, 4.69) is 15.9 Å². The number of aliphatic hydroxyl groups is 1. The molecule has 0 amide bonds. The van der Waals surface area contributed by atoms with E-state index in [1.807, 2.05) is 0 Å². The van der Waals surface area contributed by atoms with Crippen molar-refractivity contribution in [2.45, 2.75) is 13.2 Å². The number of rotatable bonds is 5. The standard InChI is InChI=1S/C14H11BrClNO4/c15-12-5-9(7-18)1-4-14(12)21-8-10-2-3-11(17(19)20)6-13(10)16/h1-6,18H,7-8H2. The smallest absolute Gasteiger partial charge is 0.270 e. The topological polar surface area (TPSA) is 72.6 Å². The minimum atomic E-state index is -0.499. The summed E-state index contributed by atoms with van der Waals surface area (Å²) in [5, 5.41) is 20.0. The zero-order valence-electron chi connectivity index (χ0n) is 10.8. The van der Waals surface area contributed by atoms with Crippen molar-refractivity contribution in [3.05, 3.63) is 67.1 Å². The largest absolute Gasteiger partial charge is 0.488 e. The predicted octanol–water partition coefficient (Wildman–Crippen LogP) is 4.08. The fraction of sp³-hybridized carbons (Fsp3) is 0.143. The fourth-order valence-electron chi connectivity index (χ4n) is 1.68. The number of hydrogen-bond donors (Lipinski definition) is 1. The van der Waals surface area contributed by atoms with E-state index in [0.717, 1.165) is 5.56 Å². The molecule has 0 aliphatic carbocycles. The summed E-state index contributed by atoms with van der Waals surface area (Å²) >= 11 is 9.35. The van der Waals surface area contributed by atoms with Gasteiger partial charge in [-0.3, -0.25) is 10.1 Å². The summed E-state index contributed by atoms with van der Waals surface area (Å²) in [6.07, 6.45) is 0. The van der Waals surface area contributed by atoms with Crippen LogP contribution in [0.25, 0.3) is 0 Å². The van der Waals surface area contributed by atoms with Crippen LogP contribution in [0.15, 0.2) is 40.9 Å². The van der Waals surface area contributed by atoms with Crippen molar-refractivity contribution in [1.29, 1.82) is 0 Å². The summed E-state index contributed by atoms with van der Waals surface area (Å²) in [5.41, 5.74) is 1.36. The quantitative estimate of drug-likeness (QED) is 0.634. The maximum Gasteiger partial charge on any atom is 0.270 e. The summed E-state index contributed by atoms with van der Waals surface area (Å²) < 4.78 is 6.34. The number of non-ortho nitro benzene ring substituents is 1. The molecule has 0 saturated heterocycles. The normalized spacial score (nSPS) is 10.4.